The molecule has 0 radical (unpaired) electrons. The third-order valence-electron chi connectivity index (χ3n) is 2.61. The van der Waals surface area contributed by atoms with Crippen LogP contribution in [-0.2, 0) is 4.79 Å². The first-order valence-electron chi connectivity index (χ1n) is 5.95. The van der Waals surface area contributed by atoms with Gasteiger partial charge in [0, 0.05) is 6.07 Å². The average molecular weight is 293 g/mol. The van der Waals surface area contributed by atoms with E-state index in [0.717, 1.165) is 0 Å². The summed E-state index contributed by atoms with van der Waals surface area (Å²) in [5.74, 6) is -1.10. The monoisotopic (exact) mass is 293 g/mol. The number of nitrogens with one attached hydrogen (secondary N) is 2. The molecule has 0 bridgehead atoms. The molecule has 0 aromatic heterocycles. The molecule has 4 N–H and O–H groups in total. The Balaban J connectivity index is 2.84. The predicted molar refractivity (Wildman–Crippen MR) is 73.0 cm³/mol. The molecule has 0 fully saturated rings. The number of ether oxygens (including phenoxy) is 1. The second kappa shape index (κ2) is 7.12. The Bertz CT molecular complexity index is 580. The van der Waals surface area contributed by atoms with Gasteiger partial charge in [-0.05, 0) is 19.1 Å². The van der Waals surface area contributed by atoms with Crippen molar-refractivity contribution in [2.24, 2.45) is 0 Å². The molecule has 0 spiro atoms. The molecule has 0 aliphatic heterocycles. The Labute approximate surface area is 121 Å². The van der Waals surface area contributed by atoms with Gasteiger partial charge in [0.1, 0.15) is 5.75 Å². The molecule has 2 amide bonds. The highest BCUT2D eigenvalue weighted by molar-refractivity contribution is 5.93. The van der Waals surface area contributed by atoms with Crippen LogP contribution >= 0.6 is 0 Å². The van der Waals surface area contributed by atoms with E-state index in [1.165, 1.54) is 32.2 Å². The minimum absolute atomic E-state index is 0.258. The lowest BCUT2D eigenvalue weighted by Gasteiger charge is -2.18. The van der Waals surface area contributed by atoms with Crippen molar-refractivity contribution in [3.8, 4) is 11.8 Å². The largest absolute Gasteiger partial charge is 0.495 e. The highest BCUT2D eigenvalue weighted by Gasteiger charge is 2.25. The number of carbonyl (C=O) groups is 2. The van der Waals surface area contributed by atoms with Crippen molar-refractivity contribution < 1.29 is 24.5 Å². The number of nitriles is 1. The number of urea groups is 1. The van der Waals surface area contributed by atoms with Crippen LogP contribution in [0.15, 0.2) is 18.2 Å². The first kappa shape index (κ1) is 16.3. The van der Waals surface area contributed by atoms with Gasteiger partial charge in [-0.15, -0.1) is 0 Å². The number of anilines is 1. The van der Waals surface area contributed by atoms with Crippen LogP contribution in [0.2, 0.25) is 0 Å². The lowest BCUT2D eigenvalue weighted by atomic mass is 10.2. The van der Waals surface area contributed by atoms with Crippen LogP contribution in [-0.4, -0.2) is 41.5 Å². The van der Waals surface area contributed by atoms with E-state index >= 15 is 0 Å². The minimum atomic E-state index is -1.44. The van der Waals surface area contributed by atoms with E-state index in [4.69, 9.17) is 15.1 Å². The standard InChI is InChI=1S/C13H15N3O5/c1-7(17)11(12(18)19)16-13(20)15-9-4-3-8(6-14)5-10(9)21-2/h3-5,7,11,17H,1-2H3,(H,18,19)(H2,15,16,20). The van der Waals surface area contributed by atoms with Gasteiger partial charge in [0.2, 0.25) is 0 Å². The molecule has 0 aliphatic carbocycles. The Morgan fingerprint density at radius 3 is 2.57 bits per heavy atom. The molecule has 0 saturated heterocycles. The smallest absolute Gasteiger partial charge is 0.328 e. The topological polar surface area (TPSA) is 132 Å². The fraction of sp³-hybridized carbons (Fsp3) is 0.308. The zero-order chi connectivity index (χ0) is 16.0. The van der Waals surface area contributed by atoms with Gasteiger partial charge in [0.25, 0.3) is 0 Å². The van der Waals surface area contributed by atoms with Crippen LogP contribution < -0.4 is 15.4 Å². The number of methoxy groups -OCH3 is 1. The lowest BCUT2D eigenvalue weighted by Crippen LogP contribution is -2.49. The second-order valence-electron chi connectivity index (χ2n) is 4.18. The first-order valence-corrected chi connectivity index (χ1v) is 5.95. The number of nitrogens with zero attached hydrogens (tertiary/aromatic N) is 1. The van der Waals surface area contributed by atoms with Gasteiger partial charge in [-0.2, -0.15) is 5.26 Å². The zero-order valence-corrected chi connectivity index (χ0v) is 11.5. The Hall–Kier alpha value is -2.79. The summed E-state index contributed by atoms with van der Waals surface area (Å²) >= 11 is 0. The third-order valence-corrected chi connectivity index (χ3v) is 2.61. The molecule has 21 heavy (non-hydrogen) atoms. The van der Waals surface area contributed by atoms with E-state index in [0.29, 0.717) is 5.56 Å². The highest BCUT2D eigenvalue weighted by atomic mass is 16.5. The van der Waals surface area contributed by atoms with Crippen LogP contribution in [0.4, 0.5) is 10.5 Å². The molecule has 1 rings (SSSR count). The molecular formula is C13H15N3O5. The maximum atomic E-state index is 11.7. The van der Waals surface area contributed by atoms with Crippen molar-refractivity contribution in [1.82, 2.24) is 5.32 Å². The number of hydrogen-bond acceptors (Lipinski definition) is 5. The summed E-state index contributed by atoms with van der Waals surface area (Å²) < 4.78 is 5.03. The van der Waals surface area contributed by atoms with E-state index in [1.807, 2.05) is 6.07 Å². The summed E-state index contributed by atoms with van der Waals surface area (Å²) in [4.78, 5) is 22.6. The molecule has 8 heteroatoms. The molecule has 2 unspecified atom stereocenters. The van der Waals surface area contributed by atoms with Crippen molar-refractivity contribution >= 4 is 17.7 Å². The van der Waals surface area contributed by atoms with Crippen molar-refractivity contribution in [3.05, 3.63) is 23.8 Å². The number of hydrogen-bond donors (Lipinski definition) is 4. The van der Waals surface area contributed by atoms with E-state index in [-0.39, 0.29) is 11.4 Å². The number of rotatable bonds is 5. The zero-order valence-electron chi connectivity index (χ0n) is 11.5. The Morgan fingerprint density at radius 2 is 2.10 bits per heavy atom. The van der Waals surface area contributed by atoms with Crippen LogP contribution in [0.25, 0.3) is 0 Å². The Morgan fingerprint density at radius 1 is 1.43 bits per heavy atom. The van der Waals surface area contributed by atoms with Gasteiger partial charge in [-0.25, -0.2) is 9.59 Å². The van der Waals surface area contributed by atoms with Gasteiger partial charge < -0.3 is 25.6 Å². The van der Waals surface area contributed by atoms with Crippen LogP contribution in [0.3, 0.4) is 0 Å². The molecule has 2 atom stereocenters. The molecule has 8 nitrogen and oxygen atoms in total. The fourth-order valence-electron chi connectivity index (χ4n) is 1.55. The van der Waals surface area contributed by atoms with Gasteiger partial charge >= 0.3 is 12.0 Å². The SMILES string of the molecule is COc1cc(C#N)ccc1NC(=O)NC(C(=O)O)C(C)O. The number of amides is 2. The normalized spacial score (nSPS) is 12.7. The van der Waals surface area contributed by atoms with Crippen LogP contribution in [0, 0.1) is 11.3 Å². The van der Waals surface area contributed by atoms with E-state index < -0.39 is 24.1 Å². The van der Waals surface area contributed by atoms with E-state index in [9.17, 15) is 14.7 Å². The summed E-state index contributed by atoms with van der Waals surface area (Å²) in [6, 6.07) is 4.03. The van der Waals surface area contributed by atoms with E-state index in [1.54, 1.807) is 0 Å². The number of benzene rings is 1. The Kier molecular flexibility index (Phi) is 5.51. The van der Waals surface area contributed by atoms with Crippen molar-refractivity contribution in [2.75, 3.05) is 12.4 Å². The number of carbonyl (C=O) groups excluding carboxylic acids is 1. The van der Waals surface area contributed by atoms with Gasteiger partial charge in [0.15, 0.2) is 6.04 Å². The summed E-state index contributed by atoms with van der Waals surface area (Å²) in [6.07, 6.45) is -1.25. The number of carboxylic acid groups (broad SMARTS) is 1. The number of aliphatic carboxylic acids is 1. The molecule has 0 heterocycles. The third kappa shape index (κ3) is 4.36. The molecule has 1 aromatic carbocycles. The molecule has 0 aliphatic rings. The summed E-state index contributed by atoms with van der Waals surface area (Å²) in [6.45, 7) is 1.25. The summed E-state index contributed by atoms with van der Waals surface area (Å²) in [5, 5.41) is 31.4. The molecular weight excluding hydrogens is 278 g/mol. The summed E-state index contributed by atoms with van der Waals surface area (Å²) in [7, 11) is 1.37. The average Bonchev–Trinajstić information content (AvgIpc) is 2.44. The van der Waals surface area contributed by atoms with Crippen LogP contribution in [0.5, 0.6) is 5.75 Å². The maximum Gasteiger partial charge on any atom is 0.328 e. The molecule has 112 valence electrons. The minimum Gasteiger partial charge on any atom is -0.495 e. The van der Waals surface area contributed by atoms with Gasteiger partial charge in [-0.1, -0.05) is 0 Å². The lowest BCUT2D eigenvalue weighted by molar-refractivity contribution is -0.141. The van der Waals surface area contributed by atoms with Gasteiger partial charge in [-0.3, -0.25) is 0 Å². The van der Waals surface area contributed by atoms with Crippen LogP contribution in [0.1, 0.15) is 12.5 Å². The first-order chi connectivity index (χ1) is 9.88. The van der Waals surface area contributed by atoms with Gasteiger partial charge in [0.05, 0.1) is 30.5 Å². The second-order valence-corrected chi connectivity index (χ2v) is 4.18. The summed E-state index contributed by atoms with van der Waals surface area (Å²) in [5.41, 5.74) is 0.619. The maximum absolute atomic E-state index is 11.7. The molecule has 0 saturated carbocycles. The quantitative estimate of drug-likeness (QED) is 0.626. The highest BCUT2D eigenvalue weighted by Crippen LogP contribution is 2.25. The van der Waals surface area contributed by atoms with Crippen molar-refractivity contribution in [3.63, 3.8) is 0 Å². The van der Waals surface area contributed by atoms with Crippen molar-refractivity contribution in [2.45, 2.75) is 19.1 Å². The van der Waals surface area contributed by atoms with E-state index in [2.05, 4.69) is 10.6 Å². The van der Waals surface area contributed by atoms with Crippen molar-refractivity contribution in [1.29, 1.82) is 5.26 Å². The number of carboxylic acids is 1. The fourth-order valence-corrected chi connectivity index (χ4v) is 1.55. The molecule has 1 aromatic rings. The number of aliphatic hydroxyl groups is 1. The number of aliphatic hydroxyl groups excluding tert-OH is 1. The predicted octanol–water partition coefficient (Wildman–Crippen LogP) is 0.522.